The highest BCUT2D eigenvalue weighted by molar-refractivity contribution is 5.51. The van der Waals surface area contributed by atoms with E-state index in [1.807, 2.05) is 72.8 Å². The molecule has 0 saturated heterocycles. The Kier molecular flexibility index (Phi) is 7.21. The van der Waals surface area contributed by atoms with Gasteiger partial charge in [-0.2, -0.15) is 0 Å². The van der Waals surface area contributed by atoms with Gasteiger partial charge < -0.3 is 22.9 Å². The van der Waals surface area contributed by atoms with Crippen LogP contribution in [0.5, 0.6) is 0 Å². The molecule has 4 aromatic rings. The van der Waals surface area contributed by atoms with Gasteiger partial charge in [-0.25, -0.2) is 0 Å². The van der Waals surface area contributed by atoms with Crippen molar-refractivity contribution < 1.29 is 0 Å². The minimum atomic E-state index is -0.0925. The van der Waals surface area contributed by atoms with Crippen molar-refractivity contribution in [1.29, 1.82) is 0 Å². The van der Waals surface area contributed by atoms with Gasteiger partial charge in [-0.3, -0.25) is 0 Å². The van der Waals surface area contributed by atoms with Crippen molar-refractivity contribution in [2.24, 2.45) is 0 Å². The lowest BCUT2D eigenvalue weighted by Crippen LogP contribution is -2.19. The Morgan fingerprint density at radius 1 is 0.382 bits per heavy atom. The molecule has 0 radical (unpaired) electrons. The fourth-order valence-corrected chi connectivity index (χ4v) is 4.04. The smallest absolute Gasteiger partial charge is 0.0317 e. The molecule has 4 rings (SSSR count). The summed E-state index contributed by atoms with van der Waals surface area (Å²) < 4.78 is 0. The maximum Gasteiger partial charge on any atom is 0.0317 e. The van der Waals surface area contributed by atoms with Crippen LogP contribution in [-0.2, 0) is 10.8 Å². The van der Waals surface area contributed by atoms with Gasteiger partial charge in [0.15, 0.2) is 0 Å². The molecule has 0 aliphatic heterocycles. The molecule has 0 bridgehead atoms. The molecule has 4 nitrogen and oxygen atoms in total. The number of nitrogens with two attached hydrogens (primary N) is 4. The summed E-state index contributed by atoms with van der Waals surface area (Å²) in [4.78, 5) is 0. The summed E-state index contributed by atoms with van der Waals surface area (Å²) in [5, 5.41) is 0. The zero-order chi connectivity index (χ0) is 24.9. The Balaban J connectivity index is 0.000000191. The highest BCUT2D eigenvalue weighted by atomic mass is 14.6. The zero-order valence-corrected chi connectivity index (χ0v) is 20.5. The van der Waals surface area contributed by atoms with Crippen LogP contribution in [0.25, 0.3) is 0 Å². The van der Waals surface area contributed by atoms with Crippen molar-refractivity contribution in [3.63, 3.8) is 0 Å². The van der Waals surface area contributed by atoms with Crippen LogP contribution < -0.4 is 22.9 Å². The molecule has 4 heteroatoms. The maximum atomic E-state index is 5.84. The molecule has 0 spiro atoms. The van der Waals surface area contributed by atoms with Gasteiger partial charge in [-0.1, -0.05) is 76.2 Å². The molecule has 0 aliphatic carbocycles. The van der Waals surface area contributed by atoms with Crippen molar-refractivity contribution in [3.05, 3.63) is 119 Å². The highest BCUT2D eigenvalue weighted by Gasteiger charge is 2.24. The van der Waals surface area contributed by atoms with Crippen LogP contribution >= 0.6 is 0 Å². The number of hydrogen-bond donors (Lipinski definition) is 4. The minimum Gasteiger partial charge on any atom is -0.399 e. The van der Waals surface area contributed by atoms with Crippen LogP contribution in [-0.4, -0.2) is 0 Å². The van der Waals surface area contributed by atoms with E-state index in [2.05, 4.69) is 52.0 Å². The SMILES string of the molecule is CC(C)(c1cccc(N)c1)c1cccc(N)c1.CC(C)(c1cccc(N)c1)c1cccc(N)c1. The van der Waals surface area contributed by atoms with Crippen molar-refractivity contribution >= 4 is 22.7 Å². The molecule has 8 N–H and O–H groups in total. The van der Waals surface area contributed by atoms with E-state index in [0.29, 0.717) is 0 Å². The van der Waals surface area contributed by atoms with E-state index in [0.717, 1.165) is 22.7 Å². The highest BCUT2D eigenvalue weighted by Crippen LogP contribution is 2.34. The predicted octanol–water partition coefficient (Wildman–Crippen LogP) is 6.35. The molecule has 0 saturated carbocycles. The molecule has 0 heterocycles. The molecule has 0 amide bonds. The van der Waals surface area contributed by atoms with Gasteiger partial charge in [0, 0.05) is 33.6 Å². The van der Waals surface area contributed by atoms with E-state index in [-0.39, 0.29) is 10.8 Å². The quantitative estimate of drug-likeness (QED) is 0.271. The van der Waals surface area contributed by atoms with Crippen molar-refractivity contribution in [2.45, 2.75) is 38.5 Å². The molecular weight excluding hydrogens is 416 g/mol. The third-order valence-electron chi connectivity index (χ3n) is 6.43. The second-order valence-electron chi connectivity index (χ2n) is 9.75. The summed E-state index contributed by atoms with van der Waals surface area (Å²) in [7, 11) is 0. The molecule has 0 unspecified atom stereocenters. The van der Waals surface area contributed by atoms with E-state index in [9.17, 15) is 0 Å². The van der Waals surface area contributed by atoms with E-state index in [4.69, 9.17) is 22.9 Å². The van der Waals surface area contributed by atoms with Crippen LogP contribution in [0.1, 0.15) is 49.9 Å². The average Bonchev–Trinajstić information content (AvgIpc) is 2.79. The predicted molar refractivity (Wildman–Crippen MR) is 148 cm³/mol. The standard InChI is InChI=1S/2C15H18N2/c2*1-15(2,11-5-3-7-13(16)9-11)12-6-4-8-14(17)10-12/h2*3-10H,16-17H2,1-2H3. The van der Waals surface area contributed by atoms with Gasteiger partial charge in [0.1, 0.15) is 0 Å². The third-order valence-corrected chi connectivity index (χ3v) is 6.43. The molecule has 0 fully saturated rings. The summed E-state index contributed by atoms with van der Waals surface area (Å²) in [6, 6.07) is 32.0. The topological polar surface area (TPSA) is 104 Å². The second kappa shape index (κ2) is 9.92. The van der Waals surface area contributed by atoms with Gasteiger partial charge in [0.2, 0.25) is 0 Å². The average molecular weight is 453 g/mol. The first-order valence-electron chi connectivity index (χ1n) is 11.4. The maximum absolute atomic E-state index is 5.84. The Hall–Kier alpha value is -3.92. The first kappa shape index (κ1) is 24.7. The van der Waals surface area contributed by atoms with Gasteiger partial charge >= 0.3 is 0 Å². The van der Waals surface area contributed by atoms with Crippen LogP contribution in [0.15, 0.2) is 97.1 Å². The lowest BCUT2D eigenvalue weighted by molar-refractivity contribution is 0.641. The van der Waals surface area contributed by atoms with Gasteiger partial charge in [-0.15, -0.1) is 0 Å². The zero-order valence-electron chi connectivity index (χ0n) is 20.5. The van der Waals surface area contributed by atoms with E-state index < -0.39 is 0 Å². The lowest BCUT2D eigenvalue weighted by atomic mass is 9.78. The van der Waals surface area contributed by atoms with Crippen molar-refractivity contribution in [2.75, 3.05) is 22.9 Å². The van der Waals surface area contributed by atoms with Crippen LogP contribution in [0.4, 0.5) is 22.7 Å². The van der Waals surface area contributed by atoms with Gasteiger partial charge in [0.25, 0.3) is 0 Å². The fraction of sp³-hybridized carbons (Fsp3) is 0.200. The second-order valence-corrected chi connectivity index (χ2v) is 9.75. The number of hydrogen-bond acceptors (Lipinski definition) is 4. The molecular formula is C30H36N4. The van der Waals surface area contributed by atoms with E-state index in [1.54, 1.807) is 0 Å². The Bertz CT molecular complexity index is 1060. The minimum absolute atomic E-state index is 0.0925. The Morgan fingerprint density at radius 3 is 0.765 bits per heavy atom. The number of nitrogen functional groups attached to an aromatic ring is 4. The number of benzene rings is 4. The molecule has 0 aliphatic rings. The first-order chi connectivity index (χ1) is 16.0. The summed E-state index contributed by atoms with van der Waals surface area (Å²) >= 11 is 0. The molecule has 176 valence electrons. The molecule has 0 aromatic heterocycles. The normalized spacial score (nSPS) is 11.4. The summed E-state index contributed by atoms with van der Waals surface area (Å²) in [6.45, 7) is 8.71. The van der Waals surface area contributed by atoms with Crippen LogP contribution in [0.3, 0.4) is 0 Å². The Labute approximate surface area is 203 Å². The molecule has 0 atom stereocenters. The van der Waals surface area contributed by atoms with E-state index in [1.165, 1.54) is 22.3 Å². The summed E-state index contributed by atoms with van der Waals surface area (Å²) in [5.41, 5.74) is 31.1. The number of anilines is 4. The van der Waals surface area contributed by atoms with Crippen molar-refractivity contribution in [1.82, 2.24) is 0 Å². The fourth-order valence-electron chi connectivity index (χ4n) is 4.04. The largest absolute Gasteiger partial charge is 0.399 e. The monoisotopic (exact) mass is 452 g/mol. The molecule has 34 heavy (non-hydrogen) atoms. The first-order valence-corrected chi connectivity index (χ1v) is 11.4. The molecule has 4 aromatic carbocycles. The summed E-state index contributed by atoms with van der Waals surface area (Å²) in [5.74, 6) is 0. The Morgan fingerprint density at radius 2 is 0.588 bits per heavy atom. The van der Waals surface area contributed by atoms with E-state index >= 15 is 0 Å². The van der Waals surface area contributed by atoms with Gasteiger partial charge in [0.05, 0.1) is 0 Å². The summed E-state index contributed by atoms with van der Waals surface area (Å²) in [6.07, 6.45) is 0. The van der Waals surface area contributed by atoms with Crippen LogP contribution in [0, 0.1) is 0 Å². The van der Waals surface area contributed by atoms with Crippen molar-refractivity contribution in [3.8, 4) is 0 Å². The third kappa shape index (κ3) is 5.70. The lowest BCUT2D eigenvalue weighted by Gasteiger charge is -2.26. The van der Waals surface area contributed by atoms with Crippen LogP contribution in [0.2, 0.25) is 0 Å². The number of rotatable bonds is 4. The van der Waals surface area contributed by atoms with Gasteiger partial charge in [-0.05, 0) is 70.8 Å².